The number of carbonyl (C=O) groups is 1. The van der Waals surface area contributed by atoms with Crippen molar-refractivity contribution in [3.05, 3.63) is 66.1 Å². The van der Waals surface area contributed by atoms with Crippen LogP contribution in [0.5, 0.6) is 0 Å². The zero-order valence-corrected chi connectivity index (χ0v) is 17.0. The van der Waals surface area contributed by atoms with E-state index in [2.05, 4.69) is 10.3 Å². The molecule has 1 N–H and O–H groups in total. The van der Waals surface area contributed by atoms with Gasteiger partial charge in [-0.2, -0.15) is 17.5 Å². The quantitative estimate of drug-likeness (QED) is 0.645. The number of aromatic nitrogens is 2. The number of fused-ring (bicyclic) bond motifs is 1. The molecule has 7 nitrogen and oxygen atoms in total. The Bertz CT molecular complexity index is 1210. The predicted molar refractivity (Wildman–Crippen MR) is 106 cm³/mol. The second-order valence-corrected chi connectivity index (χ2v) is 9.27. The average Bonchev–Trinajstić information content (AvgIpc) is 3.41. The molecule has 2 aromatic heterocycles. The van der Waals surface area contributed by atoms with Gasteiger partial charge in [0.1, 0.15) is 5.65 Å². The highest BCUT2D eigenvalue weighted by Gasteiger charge is 2.46. The summed E-state index contributed by atoms with van der Waals surface area (Å²) in [5, 5.41) is 2.75. The molecule has 0 saturated carbocycles. The van der Waals surface area contributed by atoms with Crippen LogP contribution in [-0.4, -0.2) is 47.3 Å². The molecule has 0 bridgehead atoms. The Morgan fingerprint density at radius 2 is 1.90 bits per heavy atom. The lowest BCUT2D eigenvalue weighted by atomic mass is 10.1. The third-order valence-electron chi connectivity index (χ3n) is 5.28. The van der Waals surface area contributed by atoms with Crippen LogP contribution in [0.2, 0.25) is 0 Å². The minimum Gasteiger partial charge on any atom is -0.348 e. The number of carbonyl (C=O) groups excluding carboxylic acids is 1. The maximum absolute atomic E-state index is 12.9. The van der Waals surface area contributed by atoms with E-state index in [0.717, 1.165) is 4.31 Å². The van der Waals surface area contributed by atoms with Crippen LogP contribution in [0, 0.1) is 5.92 Å². The molecule has 1 aliphatic heterocycles. The van der Waals surface area contributed by atoms with Crippen LogP contribution in [0.25, 0.3) is 5.65 Å². The Labute approximate surface area is 176 Å². The fourth-order valence-corrected chi connectivity index (χ4v) is 4.98. The number of halogens is 3. The van der Waals surface area contributed by atoms with Crippen molar-refractivity contribution in [1.29, 1.82) is 0 Å². The van der Waals surface area contributed by atoms with E-state index in [-0.39, 0.29) is 30.3 Å². The molecule has 1 saturated heterocycles. The zero-order chi connectivity index (χ0) is 22.2. The van der Waals surface area contributed by atoms with Gasteiger partial charge in [-0.1, -0.05) is 12.1 Å². The van der Waals surface area contributed by atoms with E-state index in [1.165, 1.54) is 24.3 Å². The van der Waals surface area contributed by atoms with Crippen molar-refractivity contribution in [2.24, 2.45) is 5.92 Å². The van der Waals surface area contributed by atoms with E-state index >= 15 is 0 Å². The van der Waals surface area contributed by atoms with Crippen LogP contribution in [-0.2, 0) is 16.6 Å². The molecule has 31 heavy (non-hydrogen) atoms. The maximum Gasteiger partial charge on any atom is 0.393 e. The van der Waals surface area contributed by atoms with Gasteiger partial charge in [-0.25, -0.2) is 13.4 Å². The SMILES string of the molecule is O=C(NCc1ccc(S(=O)(=O)N2CCC(C(F)(F)F)C2)cc1)c1ccc2nccn2c1. The summed E-state index contributed by atoms with van der Waals surface area (Å²) < 4.78 is 66.4. The Hall–Kier alpha value is -2.92. The van der Waals surface area contributed by atoms with E-state index in [1.807, 2.05) is 0 Å². The van der Waals surface area contributed by atoms with Crippen LogP contribution in [0.4, 0.5) is 13.2 Å². The molecule has 1 atom stereocenters. The first-order valence-electron chi connectivity index (χ1n) is 9.51. The largest absolute Gasteiger partial charge is 0.393 e. The predicted octanol–water partition coefficient (Wildman–Crippen LogP) is 2.84. The molecule has 0 aliphatic carbocycles. The number of imidazole rings is 1. The van der Waals surface area contributed by atoms with Crippen molar-refractivity contribution >= 4 is 21.6 Å². The van der Waals surface area contributed by atoms with Crippen LogP contribution in [0.3, 0.4) is 0 Å². The van der Waals surface area contributed by atoms with Gasteiger partial charge in [0.05, 0.1) is 16.4 Å². The molecule has 1 unspecified atom stereocenters. The molecule has 1 aromatic carbocycles. The molecule has 3 aromatic rings. The van der Waals surface area contributed by atoms with Gasteiger partial charge in [0, 0.05) is 38.2 Å². The lowest BCUT2D eigenvalue weighted by Crippen LogP contribution is -2.32. The minimum absolute atomic E-state index is 0.0732. The molecule has 0 radical (unpaired) electrons. The Balaban J connectivity index is 1.39. The number of hydrogen-bond acceptors (Lipinski definition) is 4. The van der Waals surface area contributed by atoms with Gasteiger partial charge in [0.25, 0.3) is 5.91 Å². The van der Waals surface area contributed by atoms with Gasteiger partial charge in [-0.15, -0.1) is 0 Å². The molecular weight excluding hydrogens is 433 g/mol. The molecule has 3 heterocycles. The molecule has 1 fully saturated rings. The molecule has 4 rings (SSSR count). The molecule has 1 amide bonds. The molecule has 1 aliphatic rings. The maximum atomic E-state index is 12.9. The van der Waals surface area contributed by atoms with Crippen LogP contribution < -0.4 is 5.32 Å². The lowest BCUT2D eigenvalue weighted by molar-refractivity contribution is -0.169. The van der Waals surface area contributed by atoms with E-state index in [0.29, 0.717) is 16.8 Å². The summed E-state index contributed by atoms with van der Waals surface area (Å²) in [4.78, 5) is 16.4. The third-order valence-corrected chi connectivity index (χ3v) is 7.16. The monoisotopic (exact) mass is 452 g/mol. The summed E-state index contributed by atoms with van der Waals surface area (Å²) in [6.45, 7) is -0.558. The van der Waals surface area contributed by atoms with Gasteiger partial charge >= 0.3 is 6.18 Å². The number of alkyl halides is 3. The van der Waals surface area contributed by atoms with Crippen molar-refractivity contribution in [3.8, 4) is 0 Å². The number of rotatable bonds is 5. The molecule has 164 valence electrons. The number of benzene rings is 1. The fourth-order valence-electron chi connectivity index (χ4n) is 3.48. The first-order chi connectivity index (χ1) is 14.6. The summed E-state index contributed by atoms with van der Waals surface area (Å²) in [5.41, 5.74) is 1.82. The van der Waals surface area contributed by atoms with Crippen molar-refractivity contribution < 1.29 is 26.4 Å². The van der Waals surface area contributed by atoms with Gasteiger partial charge < -0.3 is 9.72 Å². The molecule has 0 spiro atoms. The first kappa shape index (κ1) is 21.3. The number of amides is 1. The topological polar surface area (TPSA) is 83.8 Å². The van der Waals surface area contributed by atoms with E-state index < -0.39 is 28.7 Å². The zero-order valence-electron chi connectivity index (χ0n) is 16.2. The van der Waals surface area contributed by atoms with Crippen LogP contribution in [0.15, 0.2) is 59.9 Å². The van der Waals surface area contributed by atoms with Gasteiger partial charge in [0.15, 0.2) is 0 Å². The summed E-state index contributed by atoms with van der Waals surface area (Å²) in [6, 6.07) is 9.12. The highest BCUT2D eigenvalue weighted by Crippen LogP contribution is 2.35. The van der Waals surface area contributed by atoms with E-state index in [1.54, 1.807) is 35.1 Å². The fraction of sp³-hybridized carbons (Fsp3) is 0.300. The normalized spacial score (nSPS) is 17.8. The number of sulfonamides is 1. The lowest BCUT2D eigenvalue weighted by Gasteiger charge is -2.18. The van der Waals surface area contributed by atoms with Crippen LogP contribution >= 0.6 is 0 Å². The average molecular weight is 452 g/mol. The Morgan fingerprint density at radius 1 is 1.16 bits per heavy atom. The van der Waals surface area contributed by atoms with Crippen molar-refractivity contribution in [3.63, 3.8) is 0 Å². The van der Waals surface area contributed by atoms with E-state index in [9.17, 15) is 26.4 Å². The standard InChI is InChI=1S/C20H19F3N4O3S/c21-20(22,23)16-7-9-27(13-16)31(29,30)17-4-1-14(2-5-17)11-25-19(28)15-3-6-18-24-8-10-26(18)12-15/h1-6,8,10,12,16H,7,9,11,13H2,(H,25,28). The number of pyridine rings is 1. The third kappa shape index (κ3) is 4.42. The summed E-state index contributed by atoms with van der Waals surface area (Å²) in [5.74, 6) is -1.94. The Morgan fingerprint density at radius 3 is 2.58 bits per heavy atom. The first-order valence-corrected chi connectivity index (χ1v) is 11.0. The Kier molecular flexibility index (Phi) is 5.48. The second kappa shape index (κ2) is 7.97. The van der Waals surface area contributed by atoms with Crippen molar-refractivity contribution in [2.45, 2.75) is 24.0 Å². The number of nitrogens with zero attached hydrogens (tertiary/aromatic N) is 3. The van der Waals surface area contributed by atoms with Crippen molar-refractivity contribution in [1.82, 2.24) is 19.0 Å². The summed E-state index contributed by atoms with van der Waals surface area (Å²) in [6.07, 6.45) is 0.352. The highest BCUT2D eigenvalue weighted by molar-refractivity contribution is 7.89. The highest BCUT2D eigenvalue weighted by atomic mass is 32.2. The summed E-state index contributed by atoms with van der Waals surface area (Å²) in [7, 11) is -4.00. The van der Waals surface area contributed by atoms with Gasteiger partial charge in [-0.3, -0.25) is 4.79 Å². The summed E-state index contributed by atoms with van der Waals surface area (Å²) >= 11 is 0. The minimum atomic E-state index is -4.41. The van der Waals surface area contributed by atoms with E-state index in [4.69, 9.17) is 0 Å². The number of hydrogen-bond donors (Lipinski definition) is 1. The second-order valence-electron chi connectivity index (χ2n) is 7.33. The number of nitrogens with one attached hydrogen (secondary N) is 1. The van der Waals surface area contributed by atoms with Crippen molar-refractivity contribution in [2.75, 3.05) is 13.1 Å². The molecule has 11 heteroatoms. The van der Waals surface area contributed by atoms with Gasteiger partial charge in [0.2, 0.25) is 10.0 Å². The van der Waals surface area contributed by atoms with Crippen LogP contribution in [0.1, 0.15) is 22.3 Å². The van der Waals surface area contributed by atoms with Gasteiger partial charge in [-0.05, 0) is 36.2 Å². The molecular formula is C20H19F3N4O3S. The smallest absolute Gasteiger partial charge is 0.348 e.